The lowest BCUT2D eigenvalue weighted by molar-refractivity contribution is -0.870. The summed E-state index contributed by atoms with van der Waals surface area (Å²) in [5.74, 6) is 1.30. The van der Waals surface area contributed by atoms with E-state index >= 15 is 0 Å². The predicted molar refractivity (Wildman–Crippen MR) is 45.9 cm³/mol. The summed E-state index contributed by atoms with van der Waals surface area (Å²) in [6.07, 6.45) is 3.50. The highest BCUT2D eigenvalue weighted by Crippen LogP contribution is 1.99. The fraction of sp³-hybridized carbons (Fsp3) is 1.00. The fourth-order valence-corrected chi connectivity index (χ4v) is 1.10. The van der Waals surface area contributed by atoms with Crippen LogP contribution in [0.4, 0.5) is 0 Å². The molecule has 0 atom stereocenters. The Hall–Kier alpha value is 1.04. The minimum absolute atomic E-state index is 0. The molecule has 0 aromatic heterocycles. The second kappa shape index (κ2) is 6.73. The Morgan fingerprint density at radius 1 is 1.20 bits per heavy atom. The summed E-state index contributed by atoms with van der Waals surface area (Å²) in [4.78, 5) is 0. The number of nitrogens with zero attached hydrogens (tertiary/aromatic N) is 1. The van der Waals surface area contributed by atoms with Crippen LogP contribution in [0.15, 0.2) is 0 Å². The number of hydrogen-bond acceptors (Lipinski definition) is 1. The van der Waals surface area contributed by atoms with Gasteiger partial charge in [0.05, 0.1) is 27.7 Å². The lowest BCUT2D eigenvalue weighted by Gasteiger charge is -2.23. The van der Waals surface area contributed by atoms with Crippen molar-refractivity contribution < 1.29 is 28.5 Å². The molecule has 0 aromatic carbocycles. The number of quaternary nitrogens is 1. The second-order valence-corrected chi connectivity index (χ2v) is 4.35. The van der Waals surface area contributed by atoms with Crippen molar-refractivity contribution in [3.8, 4) is 0 Å². The Bertz CT molecular complexity index is 70.5. The van der Waals surface area contributed by atoms with Crippen LogP contribution in [0.2, 0.25) is 0 Å². The zero-order valence-corrected chi connectivity index (χ0v) is 10.3. The first-order valence-electron chi connectivity index (χ1n) is 3.35. The highest BCUT2D eigenvalue weighted by Gasteiger charge is 2.03. The number of thioether (sulfide) groups is 1. The van der Waals surface area contributed by atoms with Gasteiger partial charge < -0.3 is 28.5 Å². The standard InChI is InChI=1S/C7H18NS.HI/c1-8(2,3)6-5-7-9-4;/h5-7H2,1-4H3;1H/q+1;/p-1. The van der Waals surface area contributed by atoms with Gasteiger partial charge in [0, 0.05) is 6.42 Å². The van der Waals surface area contributed by atoms with Crippen molar-refractivity contribution in [3.05, 3.63) is 0 Å². The molecule has 0 N–H and O–H groups in total. The topological polar surface area (TPSA) is 0 Å². The predicted octanol–water partition coefficient (Wildman–Crippen LogP) is -1.55. The monoisotopic (exact) mass is 275 g/mol. The van der Waals surface area contributed by atoms with Crippen LogP contribution in [-0.2, 0) is 0 Å². The zero-order chi connectivity index (χ0) is 7.33. The van der Waals surface area contributed by atoms with Crippen LogP contribution in [0, 0.1) is 0 Å². The van der Waals surface area contributed by atoms with E-state index in [1.165, 1.54) is 18.7 Å². The quantitative estimate of drug-likeness (QED) is 0.340. The van der Waals surface area contributed by atoms with Gasteiger partial charge in [-0.1, -0.05) is 0 Å². The highest BCUT2D eigenvalue weighted by molar-refractivity contribution is 7.98. The van der Waals surface area contributed by atoms with E-state index < -0.39 is 0 Å². The van der Waals surface area contributed by atoms with E-state index in [-0.39, 0.29) is 24.0 Å². The third kappa shape index (κ3) is 11.8. The van der Waals surface area contributed by atoms with Gasteiger partial charge >= 0.3 is 0 Å². The Balaban J connectivity index is 0. The number of rotatable bonds is 4. The highest BCUT2D eigenvalue weighted by atomic mass is 127. The van der Waals surface area contributed by atoms with Gasteiger partial charge in [0.2, 0.25) is 0 Å². The Kier molecular flexibility index (Phi) is 9.17. The minimum Gasteiger partial charge on any atom is -1.00 e. The summed E-state index contributed by atoms with van der Waals surface area (Å²) < 4.78 is 1.10. The summed E-state index contributed by atoms with van der Waals surface area (Å²) in [6.45, 7) is 1.29. The molecule has 0 radical (unpaired) electrons. The van der Waals surface area contributed by atoms with Gasteiger partial charge in [0.15, 0.2) is 0 Å². The van der Waals surface area contributed by atoms with Crippen LogP contribution in [0.1, 0.15) is 6.42 Å². The van der Waals surface area contributed by atoms with Crippen LogP contribution in [0.3, 0.4) is 0 Å². The average Bonchev–Trinajstić information content (AvgIpc) is 1.63. The van der Waals surface area contributed by atoms with Gasteiger partial charge in [0.25, 0.3) is 0 Å². The van der Waals surface area contributed by atoms with Crippen molar-refractivity contribution in [3.63, 3.8) is 0 Å². The van der Waals surface area contributed by atoms with E-state index in [0.29, 0.717) is 0 Å². The molecule has 10 heavy (non-hydrogen) atoms. The molecule has 0 saturated heterocycles. The molecule has 1 nitrogen and oxygen atoms in total. The molecule has 0 spiro atoms. The summed E-state index contributed by atoms with van der Waals surface area (Å²) >= 11 is 1.93. The summed E-state index contributed by atoms with van der Waals surface area (Å²) in [6, 6.07) is 0. The van der Waals surface area contributed by atoms with Gasteiger partial charge in [-0.3, -0.25) is 0 Å². The molecule has 0 aliphatic rings. The van der Waals surface area contributed by atoms with E-state index in [0.717, 1.165) is 4.48 Å². The molecule has 0 aliphatic carbocycles. The molecule has 0 unspecified atom stereocenters. The van der Waals surface area contributed by atoms with Crippen molar-refractivity contribution in [2.45, 2.75) is 6.42 Å². The van der Waals surface area contributed by atoms with Crippen molar-refractivity contribution in [1.82, 2.24) is 0 Å². The molecule has 0 aromatic rings. The van der Waals surface area contributed by atoms with Gasteiger partial charge in [-0.25, -0.2) is 0 Å². The van der Waals surface area contributed by atoms with Crippen molar-refractivity contribution >= 4 is 11.8 Å². The maximum Gasteiger partial charge on any atom is 0.0788 e. The first-order chi connectivity index (χ1) is 4.06. The lowest BCUT2D eigenvalue weighted by Crippen LogP contribution is -3.00. The first kappa shape index (κ1) is 13.6. The van der Waals surface area contributed by atoms with Gasteiger partial charge in [-0.15, -0.1) is 0 Å². The molecule has 0 saturated carbocycles. The normalized spacial score (nSPS) is 10.8. The van der Waals surface area contributed by atoms with Crippen LogP contribution in [0.5, 0.6) is 0 Å². The molecule has 0 bridgehead atoms. The van der Waals surface area contributed by atoms with E-state index in [2.05, 4.69) is 27.4 Å². The lowest BCUT2D eigenvalue weighted by atomic mass is 10.4. The third-order valence-corrected chi connectivity index (χ3v) is 1.87. The Morgan fingerprint density at radius 2 is 1.70 bits per heavy atom. The van der Waals surface area contributed by atoms with Crippen molar-refractivity contribution in [1.29, 1.82) is 0 Å². The number of halogens is 1. The first-order valence-corrected chi connectivity index (χ1v) is 4.75. The minimum atomic E-state index is 0. The van der Waals surface area contributed by atoms with E-state index in [4.69, 9.17) is 0 Å². The molecule has 64 valence electrons. The van der Waals surface area contributed by atoms with E-state index in [1.54, 1.807) is 0 Å². The summed E-state index contributed by atoms with van der Waals surface area (Å²) in [5.41, 5.74) is 0. The molecular weight excluding hydrogens is 257 g/mol. The number of hydrogen-bond donors (Lipinski definition) is 0. The largest absolute Gasteiger partial charge is 1.00 e. The van der Waals surface area contributed by atoms with E-state index in [9.17, 15) is 0 Å². The van der Waals surface area contributed by atoms with Gasteiger partial charge in [0.1, 0.15) is 0 Å². The SMILES string of the molecule is CSCCC[N+](C)(C)C.[I-]. The van der Waals surface area contributed by atoms with E-state index in [1.807, 2.05) is 11.8 Å². The summed E-state index contributed by atoms with van der Waals surface area (Å²) in [7, 11) is 6.71. The third-order valence-electron chi connectivity index (χ3n) is 1.18. The van der Waals surface area contributed by atoms with Crippen LogP contribution in [-0.4, -0.2) is 44.2 Å². The molecule has 0 rings (SSSR count). The van der Waals surface area contributed by atoms with Gasteiger partial charge in [-0.2, -0.15) is 11.8 Å². The van der Waals surface area contributed by atoms with Crippen LogP contribution >= 0.6 is 11.8 Å². The van der Waals surface area contributed by atoms with Crippen molar-refractivity contribution in [2.24, 2.45) is 0 Å². The maximum atomic E-state index is 2.24. The van der Waals surface area contributed by atoms with Crippen LogP contribution < -0.4 is 24.0 Å². The molecular formula is C7H18INS. The van der Waals surface area contributed by atoms with Crippen molar-refractivity contribution in [2.75, 3.05) is 39.7 Å². The van der Waals surface area contributed by atoms with Gasteiger partial charge in [-0.05, 0) is 12.0 Å². The zero-order valence-electron chi connectivity index (χ0n) is 7.35. The average molecular weight is 275 g/mol. The molecule has 0 heterocycles. The smallest absolute Gasteiger partial charge is 0.0788 e. The second-order valence-electron chi connectivity index (χ2n) is 3.36. The Morgan fingerprint density at radius 3 is 2.00 bits per heavy atom. The molecule has 0 aliphatic heterocycles. The summed E-state index contributed by atoms with van der Waals surface area (Å²) in [5, 5.41) is 0. The van der Waals surface area contributed by atoms with Crippen LogP contribution in [0.25, 0.3) is 0 Å². The molecule has 3 heteroatoms. The molecule has 0 fully saturated rings. The fourth-order valence-electron chi connectivity index (χ4n) is 0.683. The maximum absolute atomic E-state index is 2.24. The molecule has 0 amide bonds. The Labute approximate surface area is 86.2 Å².